The standard InChI is InChI=1S/C27H24ClNO7S3/c1-18-4-10-22(11-5-18)37(31,32)26-17-21(16-25(28)27(26)30)29(38(33,34)23-12-6-19(2)7-13-23)39(35,36)24-14-8-20(3)9-15-24/h4-17,30H,1-3H3. The molecule has 0 radical (unpaired) electrons. The fourth-order valence-electron chi connectivity index (χ4n) is 3.73. The van der Waals surface area contributed by atoms with E-state index in [4.69, 9.17) is 11.6 Å². The Balaban J connectivity index is 2.03. The van der Waals surface area contributed by atoms with Crippen LogP contribution in [0.3, 0.4) is 0 Å². The Morgan fingerprint density at radius 1 is 0.590 bits per heavy atom. The number of aryl methyl sites for hydroxylation is 3. The summed E-state index contributed by atoms with van der Waals surface area (Å²) >= 11 is 6.18. The van der Waals surface area contributed by atoms with Crippen molar-refractivity contribution in [2.45, 2.75) is 40.4 Å². The van der Waals surface area contributed by atoms with Crippen molar-refractivity contribution in [1.29, 1.82) is 0 Å². The predicted molar refractivity (Wildman–Crippen MR) is 149 cm³/mol. The maximum Gasteiger partial charge on any atom is 0.277 e. The lowest BCUT2D eigenvalue weighted by molar-refractivity contribution is 0.459. The topological polar surface area (TPSA) is 126 Å². The van der Waals surface area contributed by atoms with Gasteiger partial charge in [-0.1, -0.05) is 64.7 Å². The summed E-state index contributed by atoms with van der Waals surface area (Å²) in [5, 5.41) is 10.1. The third-order valence-electron chi connectivity index (χ3n) is 5.92. The third kappa shape index (κ3) is 5.40. The van der Waals surface area contributed by atoms with Gasteiger partial charge in [0.2, 0.25) is 9.84 Å². The minimum Gasteiger partial charge on any atom is -0.505 e. The predicted octanol–water partition coefficient (Wildman–Crippen LogP) is 5.39. The number of rotatable bonds is 7. The fourth-order valence-corrected chi connectivity index (χ4v) is 9.05. The molecule has 4 aromatic carbocycles. The number of sulfonamides is 2. The molecular weight excluding hydrogens is 582 g/mol. The summed E-state index contributed by atoms with van der Waals surface area (Å²) in [5.41, 5.74) is 1.66. The van der Waals surface area contributed by atoms with Crippen LogP contribution in [0, 0.1) is 20.8 Å². The lowest BCUT2D eigenvalue weighted by Crippen LogP contribution is -2.37. The largest absolute Gasteiger partial charge is 0.505 e. The number of aromatic hydroxyl groups is 1. The summed E-state index contributed by atoms with van der Waals surface area (Å²) in [4.78, 5) is -1.66. The number of phenols is 1. The van der Waals surface area contributed by atoms with Gasteiger partial charge in [0, 0.05) is 0 Å². The zero-order chi connectivity index (χ0) is 28.8. The molecule has 0 aliphatic carbocycles. The first-order chi connectivity index (χ1) is 18.2. The number of halogens is 1. The smallest absolute Gasteiger partial charge is 0.277 e. The number of anilines is 1. The highest BCUT2D eigenvalue weighted by atomic mass is 35.5. The zero-order valence-corrected chi connectivity index (χ0v) is 24.2. The summed E-state index contributed by atoms with van der Waals surface area (Å²) < 4.78 is 82.6. The molecule has 0 saturated heterocycles. The van der Waals surface area contributed by atoms with E-state index >= 15 is 0 Å². The van der Waals surface area contributed by atoms with Crippen LogP contribution in [-0.4, -0.2) is 30.4 Å². The van der Waals surface area contributed by atoms with E-state index in [2.05, 4.69) is 0 Å². The van der Waals surface area contributed by atoms with Crippen molar-refractivity contribution in [3.63, 3.8) is 0 Å². The van der Waals surface area contributed by atoms with Gasteiger partial charge in [-0.3, -0.25) is 0 Å². The Morgan fingerprint density at radius 2 is 0.949 bits per heavy atom. The fraction of sp³-hybridized carbons (Fsp3) is 0.111. The Kier molecular flexibility index (Phi) is 7.56. The van der Waals surface area contributed by atoms with E-state index in [1.807, 2.05) is 0 Å². The van der Waals surface area contributed by atoms with Crippen LogP contribution < -0.4 is 3.71 Å². The molecule has 0 atom stereocenters. The minimum absolute atomic E-state index is 0.134. The van der Waals surface area contributed by atoms with Crippen LogP contribution in [0.4, 0.5) is 5.69 Å². The second kappa shape index (κ2) is 10.3. The molecule has 0 bridgehead atoms. The number of hydrogen-bond acceptors (Lipinski definition) is 7. The second-order valence-electron chi connectivity index (χ2n) is 8.92. The van der Waals surface area contributed by atoms with Crippen LogP contribution >= 0.6 is 11.6 Å². The third-order valence-corrected chi connectivity index (χ3v) is 12.2. The summed E-state index contributed by atoms with van der Waals surface area (Å²) in [6.45, 7) is 5.23. The molecule has 39 heavy (non-hydrogen) atoms. The SMILES string of the molecule is Cc1ccc(S(=O)(=O)c2cc(N(S(=O)(=O)c3ccc(C)cc3)S(=O)(=O)c3ccc(C)cc3)cc(Cl)c2O)cc1. The molecule has 1 N–H and O–H groups in total. The number of nitrogens with zero attached hydrogens (tertiary/aromatic N) is 1. The first kappa shape index (κ1) is 28.6. The number of sulfone groups is 1. The number of phenolic OH excluding ortho intramolecular Hbond substituents is 1. The van der Waals surface area contributed by atoms with E-state index < -0.39 is 51.2 Å². The molecule has 204 valence electrons. The summed E-state index contributed by atoms with van der Waals surface area (Å²) in [6.07, 6.45) is 0. The van der Waals surface area contributed by atoms with Crippen molar-refractivity contribution in [2.75, 3.05) is 3.71 Å². The molecule has 4 aromatic rings. The Hall–Kier alpha value is -3.38. The van der Waals surface area contributed by atoms with Crippen LogP contribution in [0.2, 0.25) is 5.02 Å². The molecule has 0 aromatic heterocycles. The molecule has 12 heteroatoms. The van der Waals surface area contributed by atoms with Crippen molar-refractivity contribution < 1.29 is 30.4 Å². The molecule has 0 aliphatic heterocycles. The molecular formula is C27H24ClNO7S3. The van der Waals surface area contributed by atoms with Crippen molar-refractivity contribution in [3.8, 4) is 5.75 Å². The number of benzene rings is 4. The quantitative estimate of drug-likeness (QED) is 0.299. The maximum atomic E-state index is 13.9. The first-order valence-corrected chi connectivity index (χ1v) is 16.2. The highest BCUT2D eigenvalue weighted by Gasteiger charge is 2.38. The van der Waals surface area contributed by atoms with Crippen LogP contribution in [-0.2, 0) is 29.9 Å². The van der Waals surface area contributed by atoms with Gasteiger partial charge in [-0.15, -0.1) is 0 Å². The Labute approximate surface area is 233 Å². The Morgan fingerprint density at radius 3 is 1.33 bits per heavy atom. The highest BCUT2D eigenvalue weighted by Crippen LogP contribution is 2.41. The molecule has 0 aliphatic rings. The average Bonchev–Trinajstić information content (AvgIpc) is 2.86. The molecule has 0 spiro atoms. The van der Waals surface area contributed by atoms with Gasteiger partial charge in [-0.05, 0) is 69.3 Å². The van der Waals surface area contributed by atoms with Crippen molar-refractivity contribution >= 4 is 47.2 Å². The number of hydrogen-bond donors (Lipinski definition) is 1. The van der Waals surface area contributed by atoms with Gasteiger partial charge in [0.05, 0.1) is 25.4 Å². The zero-order valence-electron chi connectivity index (χ0n) is 21.0. The van der Waals surface area contributed by atoms with Gasteiger partial charge in [0.15, 0.2) is 5.75 Å². The summed E-state index contributed by atoms with van der Waals surface area (Å²) in [7, 11) is -14.1. The molecule has 8 nitrogen and oxygen atoms in total. The summed E-state index contributed by atoms with van der Waals surface area (Å²) in [5.74, 6) is -0.846. The van der Waals surface area contributed by atoms with Crippen molar-refractivity contribution in [3.05, 3.63) is 107 Å². The van der Waals surface area contributed by atoms with E-state index in [9.17, 15) is 30.4 Å². The average molecular weight is 606 g/mol. The van der Waals surface area contributed by atoms with Crippen LogP contribution in [0.25, 0.3) is 0 Å². The van der Waals surface area contributed by atoms with Crippen LogP contribution in [0.1, 0.15) is 16.7 Å². The van der Waals surface area contributed by atoms with Gasteiger partial charge < -0.3 is 5.11 Å². The highest BCUT2D eigenvalue weighted by molar-refractivity contribution is 8.10. The van der Waals surface area contributed by atoms with Crippen LogP contribution in [0.15, 0.2) is 105 Å². The van der Waals surface area contributed by atoms with Gasteiger partial charge >= 0.3 is 0 Å². The van der Waals surface area contributed by atoms with Gasteiger partial charge in [0.1, 0.15) is 4.90 Å². The van der Waals surface area contributed by atoms with E-state index in [0.29, 0.717) is 0 Å². The molecule has 4 rings (SSSR count). The molecule has 0 saturated carbocycles. The molecule has 0 fully saturated rings. The lowest BCUT2D eigenvalue weighted by atomic mass is 10.2. The molecule has 0 amide bonds. The van der Waals surface area contributed by atoms with E-state index in [1.54, 1.807) is 32.9 Å². The first-order valence-electron chi connectivity index (χ1n) is 11.4. The normalized spacial score (nSPS) is 12.3. The molecule has 0 unspecified atom stereocenters. The van der Waals surface area contributed by atoms with Gasteiger partial charge in [-0.25, -0.2) is 25.3 Å². The Bertz CT molecular complexity index is 1790. The molecule has 0 heterocycles. The lowest BCUT2D eigenvalue weighted by Gasteiger charge is -2.25. The van der Waals surface area contributed by atoms with E-state index in [-0.39, 0.29) is 18.4 Å². The van der Waals surface area contributed by atoms with Gasteiger partial charge in [-0.2, -0.15) is 3.71 Å². The summed E-state index contributed by atoms with van der Waals surface area (Å²) in [6, 6.07) is 18.4. The van der Waals surface area contributed by atoms with E-state index in [1.165, 1.54) is 60.7 Å². The maximum absolute atomic E-state index is 13.9. The monoisotopic (exact) mass is 605 g/mol. The van der Waals surface area contributed by atoms with Gasteiger partial charge in [0.25, 0.3) is 20.0 Å². The minimum atomic E-state index is -4.84. The van der Waals surface area contributed by atoms with E-state index in [0.717, 1.165) is 28.8 Å². The van der Waals surface area contributed by atoms with Crippen molar-refractivity contribution in [2.24, 2.45) is 0 Å². The van der Waals surface area contributed by atoms with Crippen molar-refractivity contribution in [1.82, 2.24) is 0 Å². The second-order valence-corrected chi connectivity index (χ2v) is 15.1. The van der Waals surface area contributed by atoms with Crippen LogP contribution in [0.5, 0.6) is 5.75 Å².